The zero-order valence-electron chi connectivity index (χ0n) is 19.4. The molecule has 33 heavy (non-hydrogen) atoms. The maximum atomic E-state index is 13.0. The van der Waals surface area contributed by atoms with Crippen molar-refractivity contribution in [3.8, 4) is 5.69 Å². The van der Waals surface area contributed by atoms with E-state index in [2.05, 4.69) is 39.2 Å². The van der Waals surface area contributed by atoms with E-state index in [-0.39, 0.29) is 11.8 Å². The molecule has 0 radical (unpaired) electrons. The lowest BCUT2D eigenvalue weighted by Crippen LogP contribution is -2.41. The maximum absolute atomic E-state index is 13.0. The number of benzene rings is 2. The van der Waals surface area contributed by atoms with Gasteiger partial charge in [0.05, 0.1) is 25.3 Å². The molecule has 0 bridgehead atoms. The van der Waals surface area contributed by atoms with Gasteiger partial charge in [-0.15, -0.1) is 0 Å². The molecule has 2 heterocycles. The van der Waals surface area contributed by atoms with Crippen molar-refractivity contribution >= 4 is 23.2 Å². The summed E-state index contributed by atoms with van der Waals surface area (Å²) in [7, 11) is 0. The van der Waals surface area contributed by atoms with Crippen LogP contribution >= 0.6 is 0 Å². The minimum atomic E-state index is -0.160. The lowest BCUT2D eigenvalue weighted by atomic mass is 10.2. The van der Waals surface area contributed by atoms with Crippen LogP contribution in [-0.2, 0) is 9.53 Å². The van der Waals surface area contributed by atoms with E-state index < -0.39 is 0 Å². The van der Waals surface area contributed by atoms with Crippen molar-refractivity contribution in [3.05, 3.63) is 77.1 Å². The molecule has 0 unspecified atom stereocenters. The first-order valence-electron chi connectivity index (χ1n) is 11.2. The number of hydrogen-bond donors (Lipinski definition) is 2. The summed E-state index contributed by atoms with van der Waals surface area (Å²) >= 11 is 0. The number of aryl methyl sites for hydroxylation is 2. The van der Waals surface area contributed by atoms with Crippen LogP contribution < -0.4 is 10.6 Å². The molecule has 1 saturated heterocycles. The molecule has 0 saturated carbocycles. The molecule has 7 nitrogen and oxygen atoms in total. The van der Waals surface area contributed by atoms with Gasteiger partial charge in [-0.3, -0.25) is 14.5 Å². The van der Waals surface area contributed by atoms with Crippen molar-refractivity contribution in [2.45, 2.75) is 20.8 Å². The molecule has 3 aromatic rings. The van der Waals surface area contributed by atoms with Crippen molar-refractivity contribution < 1.29 is 14.3 Å². The number of ether oxygens (including phenoxy) is 1. The summed E-state index contributed by atoms with van der Waals surface area (Å²) in [5.74, 6) is -0.218. The van der Waals surface area contributed by atoms with Crippen molar-refractivity contribution in [2.75, 3.05) is 43.5 Å². The van der Waals surface area contributed by atoms with Crippen molar-refractivity contribution in [2.24, 2.45) is 0 Å². The van der Waals surface area contributed by atoms with Crippen molar-refractivity contribution in [3.63, 3.8) is 0 Å². The monoisotopic (exact) mass is 446 g/mol. The van der Waals surface area contributed by atoms with Crippen LogP contribution in [0.25, 0.3) is 5.69 Å². The Bertz CT molecular complexity index is 1140. The molecule has 1 aliphatic heterocycles. The quantitative estimate of drug-likeness (QED) is 0.602. The van der Waals surface area contributed by atoms with Gasteiger partial charge < -0.3 is 19.9 Å². The zero-order chi connectivity index (χ0) is 23.4. The van der Waals surface area contributed by atoms with Crippen molar-refractivity contribution in [1.82, 2.24) is 9.47 Å². The predicted octanol–water partition coefficient (Wildman–Crippen LogP) is 3.93. The van der Waals surface area contributed by atoms with E-state index in [1.807, 2.05) is 32.0 Å². The van der Waals surface area contributed by atoms with Gasteiger partial charge >= 0.3 is 0 Å². The molecule has 0 aliphatic carbocycles. The first-order valence-corrected chi connectivity index (χ1v) is 11.2. The van der Waals surface area contributed by atoms with Gasteiger partial charge in [-0.05, 0) is 62.7 Å². The van der Waals surface area contributed by atoms with Crippen LogP contribution in [0.5, 0.6) is 0 Å². The van der Waals surface area contributed by atoms with Gasteiger partial charge in [0.15, 0.2) is 0 Å². The van der Waals surface area contributed by atoms with Crippen LogP contribution in [0.2, 0.25) is 0 Å². The molecule has 1 fully saturated rings. The number of amides is 2. The first kappa shape index (κ1) is 22.8. The van der Waals surface area contributed by atoms with Crippen LogP contribution in [0.3, 0.4) is 0 Å². The summed E-state index contributed by atoms with van der Waals surface area (Å²) < 4.78 is 7.42. The zero-order valence-corrected chi connectivity index (χ0v) is 19.4. The van der Waals surface area contributed by atoms with E-state index in [9.17, 15) is 9.59 Å². The smallest absolute Gasteiger partial charge is 0.257 e. The molecule has 1 aromatic heterocycles. The molecule has 7 heteroatoms. The van der Waals surface area contributed by atoms with E-state index >= 15 is 0 Å². The fraction of sp³-hybridized carbons (Fsp3) is 0.308. The highest BCUT2D eigenvalue weighted by Gasteiger charge is 2.18. The third kappa shape index (κ3) is 5.32. The highest BCUT2D eigenvalue weighted by molar-refractivity contribution is 6.05. The fourth-order valence-corrected chi connectivity index (χ4v) is 4.18. The molecule has 4 rings (SSSR count). The first-order chi connectivity index (χ1) is 15.9. The molecule has 2 N–H and O–H groups in total. The Labute approximate surface area is 194 Å². The number of carbonyl (C=O) groups is 2. The number of nitrogens with one attached hydrogen (secondary N) is 2. The number of aromatic nitrogens is 1. The Hall–Kier alpha value is -3.42. The highest BCUT2D eigenvalue weighted by atomic mass is 16.5. The summed E-state index contributed by atoms with van der Waals surface area (Å²) in [6.07, 6.45) is 0. The van der Waals surface area contributed by atoms with Gasteiger partial charge in [-0.2, -0.15) is 0 Å². The largest absolute Gasteiger partial charge is 0.379 e. The minimum absolute atomic E-state index is 0.0580. The van der Waals surface area contributed by atoms with Gasteiger partial charge in [-0.25, -0.2) is 0 Å². The molecule has 1 aliphatic rings. The average Bonchev–Trinajstić information content (AvgIpc) is 3.10. The summed E-state index contributed by atoms with van der Waals surface area (Å²) in [5.41, 5.74) is 6.13. The van der Waals surface area contributed by atoms with Crippen LogP contribution in [0.4, 0.5) is 11.4 Å². The number of carbonyl (C=O) groups excluding carboxylic acids is 2. The summed E-state index contributed by atoms with van der Waals surface area (Å²) in [6.45, 7) is 9.23. The Kier molecular flexibility index (Phi) is 6.91. The lowest BCUT2D eigenvalue weighted by molar-refractivity contribution is -0.118. The Balaban J connectivity index is 1.40. The molecule has 2 aromatic carbocycles. The van der Waals surface area contributed by atoms with E-state index in [1.54, 1.807) is 24.3 Å². The van der Waals surface area contributed by atoms with Gasteiger partial charge in [0, 0.05) is 41.5 Å². The highest BCUT2D eigenvalue weighted by Crippen LogP contribution is 2.24. The SMILES string of the molecule is Cc1ccccc1-n1c(C)cc(C(=O)Nc2ccc(NC(=O)CN3CCOCC3)cc2)c1C. The van der Waals surface area contributed by atoms with Gasteiger partial charge in [0.1, 0.15) is 0 Å². The molecule has 0 spiro atoms. The van der Waals surface area contributed by atoms with Gasteiger partial charge in [-0.1, -0.05) is 18.2 Å². The van der Waals surface area contributed by atoms with E-state index in [0.717, 1.165) is 35.7 Å². The van der Waals surface area contributed by atoms with E-state index in [4.69, 9.17) is 4.74 Å². The number of para-hydroxylation sites is 1. The molecule has 172 valence electrons. The predicted molar refractivity (Wildman–Crippen MR) is 130 cm³/mol. The summed E-state index contributed by atoms with van der Waals surface area (Å²) in [5, 5.41) is 5.87. The Morgan fingerprint density at radius 2 is 1.55 bits per heavy atom. The summed E-state index contributed by atoms with van der Waals surface area (Å²) in [4.78, 5) is 27.3. The van der Waals surface area contributed by atoms with E-state index in [1.165, 1.54) is 0 Å². The van der Waals surface area contributed by atoms with Crippen LogP contribution in [-0.4, -0.2) is 54.1 Å². The molecular weight excluding hydrogens is 416 g/mol. The van der Waals surface area contributed by atoms with Crippen LogP contribution in [0.15, 0.2) is 54.6 Å². The number of morpholine rings is 1. The number of rotatable bonds is 6. The number of anilines is 2. The van der Waals surface area contributed by atoms with Gasteiger partial charge in [0.25, 0.3) is 5.91 Å². The molecule has 2 amide bonds. The number of nitrogens with zero attached hydrogens (tertiary/aromatic N) is 2. The van der Waals surface area contributed by atoms with Crippen molar-refractivity contribution in [1.29, 1.82) is 0 Å². The normalized spacial score (nSPS) is 14.2. The standard InChI is InChI=1S/C26H30N4O3/c1-18-6-4-5-7-24(18)30-19(2)16-23(20(30)3)26(32)28-22-10-8-21(9-11-22)27-25(31)17-29-12-14-33-15-13-29/h4-11,16H,12-15,17H2,1-3H3,(H,27,31)(H,28,32). The second-order valence-electron chi connectivity index (χ2n) is 8.37. The van der Waals surface area contributed by atoms with E-state index in [0.29, 0.717) is 36.7 Å². The molecule has 0 atom stereocenters. The third-order valence-electron chi connectivity index (χ3n) is 5.93. The van der Waals surface area contributed by atoms with Crippen LogP contribution in [0, 0.1) is 20.8 Å². The Morgan fingerprint density at radius 3 is 2.21 bits per heavy atom. The minimum Gasteiger partial charge on any atom is -0.379 e. The fourth-order valence-electron chi connectivity index (χ4n) is 4.18. The van der Waals surface area contributed by atoms with Gasteiger partial charge in [0.2, 0.25) is 5.91 Å². The second kappa shape index (κ2) is 10.0. The molecular formula is C26H30N4O3. The topological polar surface area (TPSA) is 75.6 Å². The number of hydrogen-bond acceptors (Lipinski definition) is 4. The Morgan fingerprint density at radius 1 is 0.909 bits per heavy atom. The average molecular weight is 447 g/mol. The maximum Gasteiger partial charge on any atom is 0.257 e. The summed E-state index contributed by atoms with van der Waals surface area (Å²) in [6, 6.07) is 17.2. The third-order valence-corrected chi connectivity index (χ3v) is 5.93. The van der Waals surface area contributed by atoms with Crippen LogP contribution in [0.1, 0.15) is 27.3 Å². The lowest BCUT2D eigenvalue weighted by Gasteiger charge is -2.25. The second-order valence-corrected chi connectivity index (χ2v) is 8.37.